The van der Waals surface area contributed by atoms with Crippen molar-refractivity contribution in [1.82, 2.24) is 4.90 Å². The molecule has 2 heteroatoms. The Morgan fingerprint density at radius 3 is 2.50 bits per heavy atom. The molecule has 0 aromatic heterocycles. The molecular weight excluding hydrogens is 246 g/mol. The van der Waals surface area contributed by atoms with Crippen molar-refractivity contribution in [3.63, 3.8) is 0 Å². The Morgan fingerprint density at radius 1 is 1.05 bits per heavy atom. The van der Waals surface area contributed by atoms with Crippen LogP contribution in [0.2, 0.25) is 0 Å². The zero-order valence-electron chi connectivity index (χ0n) is 11.8. The van der Waals surface area contributed by atoms with E-state index in [1.807, 2.05) is 30.0 Å². The Morgan fingerprint density at radius 2 is 1.80 bits per heavy atom. The number of rotatable bonds is 3. The molecule has 0 aliphatic carbocycles. The molecule has 102 valence electrons. The standard InChI is InChI=1S/C18H19NO/c1-14-10-11-19(18(14)20)13-15-6-5-9-17(12-15)16-7-3-2-4-8-16/h2-9,12,14H,10-11,13H2,1H3/t14-/m1/s1. The third-order valence-corrected chi connectivity index (χ3v) is 3.97. The van der Waals surface area contributed by atoms with Gasteiger partial charge >= 0.3 is 0 Å². The second kappa shape index (κ2) is 5.49. The molecule has 1 fully saturated rings. The van der Waals surface area contributed by atoms with Crippen LogP contribution in [0.5, 0.6) is 0 Å². The van der Waals surface area contributed by atoms with Gasteiger partial charge in [0.25, 0.3) is 0 Å². The molecule has 0 unspecified atom stereocenters. The van der Waals surface area contributed by atoms with E-state index < -0.39 is 0 Å². The second-order valence-electron chi connectivity index (χ2n) is 5.52. The molecule has 2 aromatic rings. The van der Waals surface area contributed by atoms with Crippen molar-refractivity contribution in [2.45, 2.75) is 19.9 Å². The molecule has 2 aromatic carbocycles. The van der Waals surface area contributed by atoms with Gasteiger partial charge in [-0.3, -0.25) is 4.79 Å². The minimum atomic E-state index is 0.187. The number of benzene rings is 2. The number of amides is 1. The maximum atomic E-state index is 12.0. The number of carbonyl (C=O) groups excluding carboxylic acids is 1. The van der Waals surface area contributed by atoms with Gasteiger partial charge in [0, 0.05) is 19.0 Å². The minimum Gasteiger partial charge on any atom is -0.338 e. The maximum absolute atomic E-state index is 12.0. The summed E-state index contributed by atoms with van der Waals surface area (Å²) in [6.45, 7) is 3.63. The fourth-order valence-electron chi connectivity index (χ4n) is 2.75. The van der Waals surface area contributed by atoms with Crippen molar-refractivity contribution in [1.29, 1.82) is 0 Å². The first-order chi connectivity index (χ1) is 9.74. The zero-order valence-corrected chi connectivity index (χ0v) is 11.8. The molecule has 1 saturated heterocycles. The topological polar surface area (TPSA) is 20.3 Å². The molecule has 2 nitrogen and oxygen atoms in total. The molecule has 0 N–H and O–H groups in total. The normalized spacial score (nSPS) is 18.6. The van der Waals surface area contributed by atoms with Gasteiger partial charge in [0.05, 0.1) is 0 Å². The number of likely N-dealkylation sites (tertiary alicyclic amines) is 1. The predicted molar refractivity (Wildman–Crippen MR) is 81.1 cm³/mol. The van der Waals surface area contributed by atoms with Crippen molar-refractivity contribution in [3.8, 4) is 11.1 Å². The van der Waals surface area contributed by atoms with E-state index in [1.165, 1.54) is 16.7 Å². The molecule has 0 bridgehead atoms. The highest BCUT2D eigenvalue weighted by Gasteiger charge is 2.27. The largest absolute Gasteiger partial charge is 0.338 e. The third kappa shape index (κ3) is 2.60. The van der Waals surface area contributed by atoms with E-state index in [2.05, 4.69) is 36.4 Å². The van der Waals surface area contributed by atoms with E-state index in [0.717, 1.165) is 19.5 Å². The fourth-order valence-corrected chi connectivity index (χ4v) is 2.75. The summed E-state index contributed by atoms with van der Waals surface area (Å²) in [4.78, 5) is 14.0. The molecular formula is C18H19NO. The third-order valence-electron chi connectivity index (χ3n) is 3.97. The highest BCUT2D eigenvalue weighted by molar-refractivity contribution is 5.80. The van der Waals surface area contributed by atoms with Crippen LogP contribution >= 0.6 is 0 Å². The van der Waals surface area contributed by atoms with Crippen LogP contribution in [0.4, 0.5) is 0 Å². The Kier molecular flexibility index (Phi) is 3.55. The van der Waals surface area contributed by atoms with Crippen molar-refractivity contribution < 1.29 is 4.79 Å². The van der Waals surface area contributed by atoms with Crippen molar-refractivity contribution in [3.05, 3.63) is 60.2 Å². The zero-order chi connectivity index (χ0) is 13.9. The average Bonchev–Trinajstić information content (AvgIpc) is 2.81. The lowest BCUT2D eigenvalue weighted by Crippen LogP contribution is -2.26. The van der Waals surface area contributed by atoms with Crippen LogP contribution < -0.4 is 0 Å². The SMILES string of the molecule is C[C@@H]1CCN(Cc2cccc(-c3ccccc3)c2)C1=O. The molecule has 3 rings (SSSR count). The van der Waals surface area contributed by atoms with Crippen LogP contribution in [-0.2, 0) is 11.3 Å². The molecule has 0 spiro atoms. The molecule has 20 heavy (non-hydrogen) atoms. The van der Waals surface area contributed by atoms with Crippen LogP contribution in [0.1, 0.15) is 18.9 Å². The first kappa shape index (κ1) is 12.9. The second-order valence-corrected chi connectivity index (χ2v) is 5.52. The lowest BCUT2D eigenvalue weighted by Gasteiger charge is -2.16. The van der Waals surface area contributed by atoms with Gasteiger partial charge in [0.1, 0.15) is 0 Å². The van der Waals surface area contributed by atoms with Crippen molar-refractivity contribution >= 4 is 5.91 Å². The molecule has 0 saturated carbocycles. The van der Waals surface area contributed by atoms with Gasteiger partial charge in [-0.25, -0.2) is 0 Å². The van der Waals surface area contributed by atoms with E-state index in [0.29, 0.717) is 0 Å². The molecule has 1 aliphatic rings. The maximum Gasteiger partial charge on any atom is 0.225 e. The first-order valence-electron chi connectivity index (χ1n) is 7.17. The summed E-state index contributed by atoms with van der Waals surface area (Å²) in [5.41, 5.74) is 3.63. The fraction of sp³-hybridized carbons (Fsp3) is 0.278. The molecule has 0 radical (unpaired) electrons. The summed E-state index contributed by atoms with van der Waals surface area (Å²) < 4.78 is 0. The highest BCUT2D eigenvalue weighted by Crippen LogP contribution is 2.23. The monoisotopic (exact) mass is 265 g/mol. The number of carbonyl (C=O) groups is 1. The van der Waals surface area contributed by atoms with Crippen LogP contribution in [0.25, 0.3) is 11.1 Å². The van der Waals surface area contributed by atoms with Gasteiger partial charge in [-0.1, -0.05) is 55.5 Å². The van der Waals surface area contributed by atoms with Gasteiger partial charge in [0.15, 0.2) is 0 Å². The summed E-state index contributed by atoms with van der Waals surface area (Å²) in [5.74, 6) is 0.474. The lowest BCUT2D eigenvalue weighted by molar-refractivity contribution is -0.131. The molecule has 1 amide bonds. The van der Waals surface area contributed by atoms with Crippen molar-refractivity contribution in [2.75, 3.05) is 6.54 Å². The van der Waals surface area contributed by atoms with Gasteiger partial charge in [0.2, 0.25) is 5.91 Å². The summed E-state index contributed by atoms with van der Waals surface area (Å²) in [6, 6.07) is 18.8. The Labute approximate surface area is 120 Å². The quantitative estimate of drug-likeness (QED) is 0.828. The highest BCUT2D eigenvalue weighted by atomic mass is 16.2. The summed E-state index contributed by atoms with van der Waals surface area (Å²) in [5, 5.41) is 0. The predicted octanol–water partition coefficient (Wildman–Crippen LogP) is 3.72. The van der Waals surface area contributed by atoms with Crippen LogP contribution in [0.15, 0.2) is 54.6 Å². The Bertz CT molecular complexity index is 606. The first-order valence-corrected chi connectivity index (χ1v) is 7.17. The summed E-state index contributed by atoms with van der Waals surface area (Å²) in [6.07, 6.45) is 0.983. The van der Waals surface area contributed by atoms with E-state index in [-0.39, 0.29) is 11.8 Å². The lowest BCUT2D eigenvalue weighted by atomic mass is 10.0. The van der Waals surface area contributed by atoms with E-state index in [9.17, 15) is 4.79 Å². The van der Waals surface area contributed by atoms with Crippen LogP contribution in [0.3, 0.4) is 0 Å². The van der Waals surface area contributed by atoms with Gasteiger partial charge in [-0.2, -0.15) is 0 Å². The summed E-state index contributed by atoms with van der Waals surface area (Å²) in [7, 11) is 0. The van der Waals surface area contributed by atoms with Crippen molar-refractivity contribution in [2.24, 2.45) is 5.92 Å². The van der Waals surface area contributed by atoms with Gasteiger partial charge in [-0.15, -0.1) is 0 Å². The average molecular weight is 265 g/mol. The van der Waals surface area contributed by atoms with E-state index in [4.69, 9.17) is 0 Å². The Hall–Kier alpha value is -2.09. The number of hydrogen-bond donors (Lipinski definition) is 0. The molecule has 1 aliphatic heterocycles. The van der Waals surface area contributed by atoms with Gasteiger partial charge in [-0.05, 0) is 29.2 Å². The number of hydrogen-bond acceptors (Lipinski definition) is 1. The van der Waals surface area contributed by atoms with Crippen LogP contribution in [0, 0.1) is 5.92 Å². The van der Waals surface area contributed by atoms with Crippen LogP contribution in [-0.4, -0.2) is 17.4 Å². The Balaban J connectivity index is 1.80. The molecule has 1 heterocycles. The van der Waals surface area contributed by atoms with E-state index in [1.54, 1.807) is 0 Å². The van der Waals surface area contributed by atoms with E-state index >= 15 is 0 Å². The smallest absolute Gasteiger partial charge is 0.225 e. The molecule has 1 atom stereocenters. The number of nitrogens with zero attached hydrogens (tertiary/aromatic N) is 1. The minimum absolute atomic E-state index is 0.187. The summed E-state index contributed by atoms with van der Waals surface area (Å²) >= 11 is 0. The van der Waals surface area contributed by atoms with Gasteiger partial charge < -0.3 is 4.90 Å².